The predicted molar refractivity (Wildman–Crippen MR) is 85.6 cm³/mol. The standard InChI is InChI=1S/C17H22N2O2/c1-11(2)8-9-12(3)19-17(21)15-10-18-16(20)14-7-5-4-6-13(14)15/h4-7,10-12H,8-9H2,1-3H3,(H,18,20)(H,19,21)/t12-/m0/s1. The summed E-state index contributed by atoms with van der Waals surface area (Å²) in [5.41, 5.74) is 0.344. The number of carbonyl (C=O) groups excluding carboxylic acids is 1. The first-order valence-corrected chi connectivity index (χ1v) is 7.40. The highest BCUT2D eigenvalue weighted by atomic mass is 16.2. The molecule has 1 atom stereocenters. The van der Waals surface area contributed by atoms with Gasteiger partial charge in [0.25, 0.3) is 11.5 Å². The highest BCUT2D eigenvalue weighted by Crippen LogP contribution is 2.15. The van der Waals surface area contributed by atoms with Gasteiger partial charge in [0.05, 0.1) is 5.56 Å². The lowest BCUT2D eigenvalue weighted by Crippen LogP contribution is -2.33. The minimum absolute atomic E-state index is 0.116. The summed E-state index contributed by atoms with van der Waals surface area (Å²) in [4.78, 5) is 26.8. The summed E-state index contributed by atoms with van der Waals surface area (Å²) < 4.78 is 0. The SMILES string of the molecule is CC(C)CC[C@H](C)NC(=O)c1c[nH]c(=O)c2ccccc12. The van der Waals surface area contributed by atoms with Crippen LogP contribution in [0.15, 0.2) is 35.3 Å². The number of H-pyrrole nitrogens is 1. The third-order valence-electron chi connectivity index (χ3n) is 3.61. The molecule has 112 valence electrons. The van der Waals surface area contributed by atoms with Crippen LogP contribution in [0.25, 0.3) is 10.8 Å². The molecule has 0 radical (unpaired) electrons. The van der Waals surface area contributed by atoms with E-state index in [9.17, 15) is 9.59 Å². The fourth-order valence-electron chi connectivity index (χ4n) is 2.35. The van der Waals surface area contributed by atoms with Gasteiger partial charge < -0.3 is 10.3 Å². The molecule has 21 heavy (non-hydrogen) atoms. The third-order valence-corrected chi connectivity index (χ3v) is 3.61. The zero-order chi connectivity index (χ0) is 15.4. The van der Waals surface area contributed by atoms with Crippen molar-refractivity contribution in [2.75, 3.05) is 0 Å². The summed E-state index contributed by atoms with van der Waals surface area (Å²) in [5.74, 6) is 0.483. The summed E-state index contributed by atoms with van der Waals surface area (Å²) in [6.45, 7) is 6.35. The number of nitrogens with one attached hydrogen (secondary N) is 2. The van der Waals surface area contributed by atoms with Gasteiger partial charge in [-0.3, -0.25) is 9.59 Å². The first kappa shape index (κ1) is 15.3. The predicted octanol–water partition coefficient (Wildman–Crippen LogP) is 3.08. The number of hydrogen-bond donors (Lipinski definition) is 2. The molecule has 0 aliphatic heterocycles. The fourth-order valence-corrected chi connectivity index (χ4v) is 2.35. The number of amides is 1. The molecule has 0 fully saturated rings. The van der Waals surface area contributed by atoms with Gasteiger partial charge >= 0.3 is 0 Å². The second kappa shape index (κ2) is 6.57. The van der Waals surface area contributed by atoms with Crippen LogP contribution in [0, 0.1) is 5.92 Å². The van der Waals surface area contributed by atoms with Crippen LogP contribution in [0.1, 0.15) is 44.0 Å². The zero-order valence-corrected chi connectivity index (χ0v) is 12.8. The van der Waals surface area contributed by atoms with Crippen molar-refractivity contribution in [2.24, 2.45) is 5.92 Å². The van der Waals surface area contributed by atoms with Gasteiger partial charge in [-0.05, 0) is 31.7 Å². The number of aromatic amines is 1. The van der Waals surface area contributed by atoms with Crippen LogP contribution in [0.3, 0.4) is 0 Å². The van der Waals surface area contributed by atoms with Gasteiger partial charge in [-0.25, -0.2) is 0 Å². The lowest BCUT2D eigenvalue weighted by atomic mass is 10.0. The molecule has 1 aromatic carbocycles. The maximum Gasteiger partial charge on any atom is 0.255 e. The van der Waals surface area contributed by atoms with E-state index in [1.807, 2.05) is 13.0 Å². The Labute approximate surface area is 124 Å². The first-order valence-electron chi connectivity index (χ1n) is 7.40. The Bertz CT molecular complexity index is 688. The van der Waals surface area contributed by atoms with Gasteiger partial charge in [-0.1, -0.05) is 32.0 Å². The van der Waals surface area contributed by atoms with Crippen molar-refractivity contribution in [1.29, 1.82) is 0 Å². The van der Waals surface area contributed by atoms with Crippen LogP contribution in [0.2, 0.25) is 0 Å². The highest BCUT2D eigenvalue weighted by molar-refractivity contribution is 6.06. The lowest BCUT2D eigenvalue weighted by Gasteiger charge is -2.15. The maximum atomic E-state index is 12.4. The van der Waals surface area contributed by atoms with Crippen LogP contribution in [-0.4, -0.2) is 16.9 Å². The van der Waals surface area contributed by atoms with Crippen molar-refractivity contribution in [1.82, 2.24) is 10.3 Å². The number of fused-ring (bicyclic) bond motifs is 1. The van der Waals surface area contributed by atoms with E-state index in [2.05, 4.69) is 24.1 Å². The Morgan fingerprint density at radius 1 is 1.14 bits per heavy atom. The van der Waals surface area contributed by atoms with Crippen molar-refractivity contribution < 1.29 is 4.79 Å². The molecule has 2 aromatic rings. The second-order valence-electron chi connectivity index (χ2n) is 5.92. The number of rotatable bonds is 5. The van der Waals surface area contributed by atoms with Crippen molar-refractivity contribution in [3.8, 4) is 0 Å². The molecule has 0 saturated carbocycles. The van der Waals surface area contributed by atoms with Gasteiger partial charge in [0.15, 0.2) is 0 Å². The molecule has 0 unspecified atom stereocenters. The van der Waals surface area contributed by atoms with E-state index in [0.29, 0.717) is 22.3 Å². The van der Waals surface area contributed by atoms with Gasteiger partial charge in [0, 0.05) is 23.0 Å². The summed E-state index contributed by atoms with van der Waals surface area (Å²) in [6, 6.07) is 7.28. The molecule has 4 heteroatoms. The number of benzene rings is 1. The van der Waals surface area contributed by atoms with Crippen LogP contribution < -0.4 is 10.9 Å². The summed E-state index contributed by atoms with van der Waals surface area (Å²) in [6.07, 6.45) is 3.52. The molecule has 4 nitrogen and oxygen atoms in total. The summed E-state index contributed by atoms with van der Waals surface area (Å²) in [5, 5.41) is 4.23. The molecule has 1 heterocycles. The van der Waals surface area contributed by atoms with E-state index in [4.69, 9.17) is 0 Å². The first-order chi connectivity index (χ1) is 9.99. The van der Waals surface area contributed by atoms with E-state index < -0.39 is 0 Å². The third kappa shape index (κ3) is 3.72. The normalized spacial score (nSPS) is 12.6. The summed E-state index contributed by atoms with van der Waals surface area (Å²) >= 11 is 0. The van der Waals surface area contributed by atoms with Crippen molar-refractivity contribution in [3.05, 3.63) is 46.4 Å². The number of hydrogen-bond acceptors (Lipinski definition) is 2. The quantitative estimate of drug-likeness (QED) is 0.887. The van der Waals surface area contributed by atoms with E-state index in [0.717, 1.165) is 12.8 Å². The van der Waals surface area contributed by atoms with Gasteiger partial charge in [-0.15, -0.1) is 0 Å². The number of pyridine rings is 1. The van der Waals surface area contributed by atoms with Crippen LogP contribution in [0.4, 0.5) is 0 Å². The smallest absolute Gasteiger partial charge is 0.255 e. The number of aromatic nitrogens is 1. The lowest BCUT2D eigenvalue weighted by molar-refractivity contribution is 0.0938. The van der Waals surface area contributed by atoms with Gasteiger partial charge in [0.2, 0.25) is 0 Å². The summed E-state index contributed by atoms with van der Waals surface area (Å²) in [7, 11) is 0. The molecular formula is C17H22N2O2. The van der Waals surface area contributed by atoms with Gasteiger partial charge in [-0.2, -0.15) is 0 Å². The topological polar surface area (TPSA) is 62.0 Å². The Morgan fingerprint density at radius 2 is 1.81 bits per heavy atom. The van der Waals surface area contributed by atoms with Crippen molar-refractivity contribution in [3.63, 3.8) is 0 Å². The highest BCUT2D eigenvalue weighted by Gasteiger charge is 2.14. The van der Waals surface area contributed by atoms with Crippen molar-refractivity contribution in [2.45, 2.75) is 39.7 Å². The van der Waals surface area contributed by atoms with Crippen molar-refractivity contribution >= 4 is 16.7 Å². The van der Waals surface area contributed by atoms with Crippen LogP contribution in [0.5, 0.6) is 0 Å². The molecule has 1 aromatic heterocycles. The van der Waals surface area contributed by atoms with Gasteiger partial charge in [0.1, 0.15) is 0 Å². The van der Waals surface area contributed by atoms with E-state index >= 15 is 0 Å². The van der Waals surface area contributed by atoms with Crippen LogP contribution >= 0.6 is 0 Å². The van der Waals surface area contributed by atoms with E-state index in [-0.39, 0.29) is 17.5 Å². The average molecular weight is 286 g/mol. The molecule has 0 aliphatic carbocycles. The molecule has 2 rings (SSSR count). The Hall–Kier alpha value is -2.10. The average Bonchev–Trinajstić information content (AvgIpc) is 2.45. The van der Waals surface area contributed by atoms with E-state index in [1.54, 1.807) is 18.2 Å². The molecule has 0 aliphatic rings. The minimum atomic E-state index is -0.171. The molecule has 2 N–H and O–H groups in total. The Morgan fingerprint density at radius 3 is 2.48 bits per heavy atom. The Kier molecular flexibility index (Phi) is 4.78. The monoisotopic (exact) mass is 286 g/mol. The molecule has 0 bridgehead atoms. The molecular weight excluding hydrogens is 264 g/mol. The van der Waals surface area contributed by atoms with Crippen LogP contribution in [-0.2, 0) is 0 Å². The zero-order valence-electron chi connectivity index (χ0n) is 12.8. The molecule has 0 saturated heterocycles. The maximum absolute atomic E-state index is 12.4. The molecule has 0 spiro atoms. The largest absolute Gasteiger partial charge is 0.350 e. The minimum Gasteiger partial charge on any atom is -0.350 e. The van der Waals surface area contributed by atoms with E-state index in [1.165, 1.54) is 6.20 Å². The fraction of sp³-hybridized carbons (Fsp3) is 0.412. The second-order valence-corrected chi connectivity index (χ2v) is 5.92. The molecule has 1 amide bonds. The number of carbonyl (C=O) groups is 1. The Balaban J connectivity index is 2.20.